The molecule has 3 atom stereocenters. The van der Waals surface area contributed by atoms with Crippen LogP contribution in [0.3, 0.4) is 0 Å². The summed E-state index contributed by atoms with van der Waals surface area (Å²) >= 11 is 3.39. The summed E-state index contributed by atoms with van der Waals surface area (Å²) in [5, 5.41) is 0. The Bertz CT molecular complexity index is 416. The molecule has 3 unspecified atom stereocenters. The summed E-state index contributed by atoms with van der Waals surface area (Å²) in [5.41, 5.74) is 3.91. The highest BCUT2D eigenvalue weighted by molar-refractivity contribution is 9.10. The maximum atomic E-state index is 13.0. The van der Waals surface area contributed by atoms with Crippen molar-refractivity contribution in [1.29, 1.82) is 0 Å². The van der Waals surface area contributed by atoms with Crippen LogP contribution in [0.1, 0.15) is 18.9 Å². The smallest absolute Gasteiger partial charge is 0.124 e. The van der Waals surface area contributed by atoms with Crippen LogP contribution in [0.4, 0.5) is 4.39 Å². The SMILES string of the molecule is CC1CC(C(Cc2ccc(F)cc2Br)NN)CO1. The summed E-state index contributed by atoms with van der Waals surface area (Å²) in [7, 11) is 0. The Morgan fingerprint density at radius 3 is 2.94 bits per heavy atom. The number of hydrogen-bond acceptors (Lipinski definition) is 3. The number of benzene rings is 1. The lowest BCUT2D eigenvalue weighted by molar-refractivity contribution is 0.117. The summed E-state index contributed by atoms with van der Waals surface area (Å²) in [4.78, 5) is 0. The molecule has 0 aliphatic carbocycles. The maximum Gasteiger partial charge on any atom is 0.124 e. The number of nitrogens with two attached hydrogens (primary N) is 1. The number of halogens is 2. The van der Waals surface area contributed by atoms with Crippen molar-refractivity contribution >= 4 is 15.9 Å². The van der Waals surface area contributed by atoms with Gasteiger partial charge >= 0.3 is 0 Å². The molecule has 1 aliphatic rings. The molecule has 1 fully saturated rings. The topological polar surface area (TPSA) is 47.3 Å². The quantitative estimate of drug-likeness (QED) is 0.662. The van der Waals surface area contributed by atoms with Gasteiger partial charge in [0.05, 0.1) is 12.7 Å². The van der Waals surface area contributed by atoms with Gasteiger partial charge in [0.15, 0.2) is 0 Å². The zero-order valence-corrected chi connectivity index (χ0v) is 11.9. The predicted molar refractivity (Wildman–Crippen MR) is 72.4 cm³/mol. The first-order chi connectivity index (χ1) is 8.60. The second kappa shape index (κ2) is 6.10. The Hall–Kier alpha value is -0.490. The van der Waals surface area contributed by atoms with E-state index < -0.39 is 0 Å². The molecule has 1 saturated heterocycles. The number of ether oxygens (including phenoxy) is 1. The van der Waals surface area contributed by atoms with E-state index in [0.717, 1.165) is 29.5 Å². The van der Waals surface area contributed by atoms with Crippen LogP contribution in [0.5, 0.6) is 0 Å². The van der Waals surface area contributed by atoms with Gasteiger partial charge in [0, 0.05) is 16.4 Å². The highest BCUT2D eigenvalue weighted by Crippen LogP contribution is 2.26. The summed E-state index contributed by atoms with van der Waals surface area (Å²) in [5.74, 6) is 5.80. The molecular formula is C13H18BrFN2O. The Kier molecular flexibility index (Phi) is 4.72. The molecule has 100 valence electrons. The van der Waals surface area contributed by atoms with Crippen molar-refractivity contribution in [3.8, 4) is 0 Å². The van der Waals surface area contributed by atoms with E-state index in [0.29, 0.717) is 12.0 Å². The fourth-order valence-corrected chi connectivity index (χ4v) is 2.93. The molecule has 1 aliphatic heterocycles. The van der Waals surface area contributed by atoms with Gasteiger partial charge < -0.3 is 4.74 Å². The van der Waals surface area contributed by atoms with Crippen molar-refractivity contribution in [2.24, 2.45) is 11.8 Å². The van der Waals surface area contributed by atoms with Crippen molar-refractivity contribution in [2.75, 3.05) is 6.61 Å². The number of nitrogens with one attached hydrogen (secondary N) is 1. The van der Waals surface area contributed by atoms with Crippen LogP contribution in [0.15, 0.2) is 22.7 Å². The third-order valence-electron chi connectivity index (χ3n) is 3.47. The first kappa shape index (κ1) is 13.9. The molecule has 0 saturated carbocycles. The maximum absolute atomic E-state index is 13.0. The fraction of sp³-hybridized carbons (Fsp3) is 0.538. The van der Waals surface area contributed by atoms with Crippen LogP contribution in [0, 0.1) is 11.7 Å². The average Bonchev–Trinajstić information content (AvgIpc) is 2.75. The first-order valence-electron chi connectivity index (χ1n) is 6.11. The van der Waals surface area contributed by atoms with Gasteiger partial charge in [0.2, 0.25) is 0 Å². The summed E-state index contributed by atoms with van der Waals surface area (Å²) in [6.07, 6.45) is 2.06. The molecule has 3 N–H and O–H groups in total. The summed E-state index contributed by atoms with van der Waals surface area (Å²) in [6.45, 7) is 2.80. The van der Waals surface area contributed by atoms with Crippen molar-refractivity contribution in [3.05, 3.63) is 34.1 Å². The van der Waals surface area contributed by atoms with Crippen LogP contribution in [-0.4, -0.2) is 18.8 Å². The van der Waals surface area contributed by atoms with Gasteiger partial charge in [0.1, 0.15) is 5.82 Å². The van der Waals surface area contributed by atoms with Gasteiger partial charge in [-0.15, -0.1) is 0 Å². The minimum atomic E-state index is -0.235. The van der Waals surface area contributed by atoms with E-state index >= 15 is 0 Å². The van der Waals surface area contributed by atoms with E-state index in [4.69, 9.17) is 10.6 Å². The fourth-order valence-electron chi connectivity index (χ4n) is 2.42. The lowest BCUT2D eigenvalue weighted by Gasteiger charge is -2.22. The van der Waals surface area contributed by atoms with E-state index in [1.807, 2.05) is 0 Å². The zero-order valence-electron chi connectivity index (χ0n) is 10.3. The van der Waals surface area contributed by atoms with Gasteiger partial charge in [-0.1, -0.05) is 22.0 Å². The van der Waals surface area contributed by atoms with Gasteiger partial charge in [0.25, 0.3) is 0 Å². The molecular weight excluding hydrogens is 299 g/mol. The predicted octanol–water partition coefficient (Wildman–Crippen LogP) is 2.39. The van der Waals surface area contributed by atoms with Gasteiger partial charge in [-0.2, -0.15) is 0 Å². The van der Waals surface area contributed by atoms with Gasteiger partial charge in [-0.05, 0) is 37.5 Å². The molecule has 0 amide bonds. The Morgan fingerprint density at radius 2 is 2.39 bits per heavy atom. The minimum Gasteiger partial charge on any atom is -0.378 e. The van der Waals surface area contributed by atoms with Crippen molar-refractivity contribution < 1.29 is 9.13 Å². The van der Waals surface area contributed by atoms with Crippen LogP contribution in [0.2, 0.25) is 0 Å². The monoisotopic (exact) mass is 316 g/mol. The second-order valence-electron chi connectivity index (χ2n) is 4.85. The molecule has 1 aromatic carbocycles. The molecule has 1 heterocycles. The third kappa shape index (κ3) is 3.29. The van der Waals surface area contributed by atoms with Gasteiger partial charge in [-0.3, -0.25) is 11.3 Å². The van der Waals surface area contributed by atoms with E-state index in [-0.39, 0.29) is 11.9 Å². The number of hydrogen-bond donors (Lipinski definition) is 2. The lowest BCUT2D eigenvalue weighted by Crippen LogP contribution is -2.42. The van der Waals surface area contributed by atoms with E-state index in [1.54, 1.807) is 6.07 Å². The minimum absolute atomic E-state index is 0.150. The Balaban J connectivity index is 2.05. The van der Waals surface area contributed by atoms with E-state index in [1.165, 1.54) is 12.1 Å². The number of rotatable bonds is 4. The van der Waals surface area contributed by atoms with Crippen LogP contribution >= 0.6 is 15.9 Å². The molecule has 0 bridgehead atoms. The van der Waals surface area contributed by atoms with Crippen LogP contribution < -0.4 is 11.3 Å². The molecule has 3 nitrogen and oxygen atoms in total. The lowest BCUT2D eigenvalue weighted by atomic mass is 9.92. The number of hydrazine groups is 1. The molecule has 1 aromatic rings. The third-order valence-corrected chi connectivity index (χ3v) is 4.21. The second-order valence-corrected chi connectivity index (χ2v) is 5.71. The molecule has 18 heavy (non-hydrogen) atoms. The van der Waals surface area contributed by atoms with E-state index in [2.05, 4.69) is 28.3 Å². The van der Waals surface area contributed by atoms with Crippen molar-refractivity contribution in [2.45, 2.75) is 31.9 Å². The highest BCUT2D eigenvalue weighted by Gasteiger charge is 2.29. The molecule has 5 heteroatoms. The van der Waals surface area contributed by atoms with Crippen LogP contribution in [-0.2, 0) is 11.2 Å². The van der Waals surface area contributed by atoms with E-state index in [9.17, 15) is 4.39 Å². The Morgan fingerprint density at radius 1 is 1.61 bits per heavy atom. The largest absolute Gasteiger partial charge is 0.378 e. The summed E-state index contributed by atoms with van der Waals surface area (Å²) in [6, 6.07) is 4.90. The van der Waals surface area contributed by atoms with Crippen molar-refractivity contribution in [3.63, 3.8) is 0 Å². The van der Waals surface area contributed by atoms with Crippen molar-refractivity contribution in [1.82, 2.24) is 5.43 Å². The molecule has 0 radical (unpaired) electrons. The normalized spacial score (nSPS) is 25.3. The summed E-state index contributed by atoms with van der Waals surface area (Å²) < 4.78 is 19.4. The molecule has 0 aromatic heterocycles. The zero-order chi connectivity index (χ0) is 13.1. The highest BCUT2D eigenvalue weighted by atomic mass is 79.9. The van der Waals surface area contributed by atoms with Gasteiger partial charge in [-0.25, -0.2) is 4.39 Å². The molecule has 0 spiro atoms. The standard InChI is InChI=1S/C13H18BrFN2O/c1-8-4-10(7-18-8)13(17-16)5-9-2-3-11(15)6-12(9)14/h2-3,6,8,10,13,17H,4-5,7,16H2,1H3. The first-order valence-corrected chi connectivity index (χ1v) is 6.91. The average molecular weight is 317 g/mol. The van der Waals surface area contributed by atoms with Crippen LogP contribution in [0.25, 0.3) is 0 Å². The Labute approximate surface area is 115 Å². The molecule has 2 rings (SSSR count).